The van der Waals surface area contributed by atoms with Crippen molar-refractivity contribution in [2.75, 3.05) is 31.6 Å². The lowest BCUT2D eigenvalue weighted by Gasteiger charge is -2.35. The zero-order valence-electron chi connectivity index (χ0n) is 13.7. The van der Waals surface area contributed by atoms with Crippen LogP contribution in [-0.4, -0.2) is 52.2 Å². The molecule has 126 valence electrons. The Balaban J connectivity index is 1.30. The third-order valence-corrected chi connectivity index (χ3v) is 5.02. The number of anilines is 1. The molecule has 0 amide bonds. The van der Waals surface area contributed by atoms with Crippen LogP contribution in [-0.2, 0) is 11.3 Å². The van der Waals surface area contributed by atoms with Crippen LogP contribution in [0.15, 0.2) is 42.9 Å². The Morgan fingerprint density at radius 2 is 2.00 bits per heavy atom. The monoisotopic (exact) mass is 325 g/mol. The number of aromatic nitrogens is 3. The predicted molar refractivity (Wildman–Crippen MR) is 91.4 cm³/mol. The van der Waals surface area contributed by atoms with Gasteiger partial charge in [0.05, 0.1) is 18.4 Å². The number of ether oxygens (including phenoxy) is 1. The summed E-state index contributed by atoms with van der Waals surface area (Å²) in [5.41, 5.74) is 1.15. The summed E-state index contributed by atoms with van der Waals surface area (Å²) in [5, 5.41) is 3.30. The van der Waals surface area contributed by atoms with E-state index in [1.54, 1.807) is 12.4 Å². The largest absolute Gasteiger partial charge is 0.376 e. The van der Waals surface area contributed by atoms with Crippen LogP contribution in [0, 0.1) is 11.8 Å². The van der Waals surface area contributed by atoms with E-state index >= 15 is 0 Å². The number of likely N-dealkylation sites (tertiary alicyclic amines) is 1. The molecule has 2 fully saturated rings. The van der Waals surface area contributed by atoms with E-state index in [1.165, 1.54) is 6.42 Å². The van der Waals surface area contributed by atoms with E-state index in [4.69, 9.17) is 4.74 Å². The van der Waals surface area contributed by atoms with Gasteiger partial charge in [-0.2, -0.15) is 0 Å². The molecule has 3 atom stereocenters. The molecule has 6 heteroatoms. The van der Waals surface area contributed by atoms with Gasteiger partial charge in [0.2, 0.25) is 5.95 Å². The molecule has 0 radical (unpaired) electrons. The van der Waals surface area contributed by atoms with E-state index in [2.05, 4.69) is 37.3 Å². The highest BCUT2D eigenvalue weighted by atomic mass is 16.5. The Kier molecular flexibility index (Phi) is 4.66. The molecule has 4 rings (SSSR count). The van der Waals surface area contributed by atoms with Gasteiger partial charge in [0, 0.05) is 44.1 Å². The van der Waals surface area contributed by atoms with E-state index in [0.29, 0.717) is 17.8 Å². The van der Waals surface area contributed by atoms with Crippen LogP contribution in [0.1, 0.15) is 12.1 Å². The van der Waals surface area contributed by atoms with Crippen molar-refractivity contribution in [3.63, 3.8) is 0 Å². The number of hydrogen-bond donors (Lipinski definition) is 1. The fourth-order valence-electron chi connectivity index (χ4n) is 3.82. The lowest BCUT2D eigenvalue weighted by atomic mass is 9.84. The first-order chi connectivity index (χ1) is 11.9. The van der Waals surface area contributed by atoms with Gasteiger partial charge in [-0.3, -0.25) is 9.88 Å². The number of hydrogen-bond acceptors (Lipinski definition) is 6. The maximum absolute atomic E-state index is 6.06. The summed E-state index contributed by atoms with van der Waals surface area (Å²) in [6, 6.07) is 7.95. The quantitative estimate of drug-likeness (QED) is 0.905. The van der Waals surface area contributed by atoms with Gasteiger partial charge >= 0.3 is 0 Å². The molecule has 6 nitrogen and oxygen atoms in total. The Hall–Kier alpha value is -2.05. The number of pyridine rings is 1. The Morgan fingerprint density at radius 3 is 2.83 bits per heavy atom. The first kappa shape index (κ1) is 15.5. The van der Waals surface area contributed by atoms with E-state index in [-0.39, 0.29) is 6.10 Å². The van der Waals surface area contributed by atoms with Gasteiger partial charge < -0.3 is 10.1 Å². The van der Waals surface area contributed by atoms with Gasteiger partial charge in [-0.15, -0.1) is 0 Å². The predicted octanol–water partition coefficient (Wildman–Crippen LogP) is 1.82. The van der Waals surface area contributed by atoms with Gasteiger partial charge in [-0.1, -0.05) is 6.07 Å². The molecule has 0 spiro atoms. The summed E-state index contributed by atoms with van der Waals surface area (Å²) < 4.78 is 6.06. The fraction of sp³-hybridized carbons (Fsp3) is 0.500. The van der Waals surface area contributed by atoms with Crippen LogP contribution < -0.4 is 5.32 Å². The van der Waals surface area contributed by atoms with Crippen LogP contribution in [0.4, 0.5) is 5.95 Å². The average molecular weight is 325 g/mol. The summed E-state index contributed by atoms with van der Waals surface area (Å²) in [7, 11) is 0. The third-order valence-electron chi connectivity index (χ3n) is 5.02. The molecule has 2 aliphatic heterocycles. The van der Waals surface area contributed by atoms with Crippen LogP contribution in [0.5, 0.6) is 0 Å². The van der Waals surface area contributed by atoms with Crippen molar-refractivity contribution < 1.29 is 4.74 Å². The summed E-state index contributed by atoms with van der Waals surface area (Å²) in [4.78, 5) is 15.4. The average Bonchev–Trinajstić information content (AvgIpc) is 3.04. The first-order valence-corrected chi connectivity index (χ1v) is 8.63. The number of fused-ring (bicyclic) bond motifs is 1. The van der Waals surface area contributed by atoms with Crippen molar-refractivity contribution in [1.29, 1.82) is 0 Å². The minimum atomic E-state index is 0.260. The molecule has 1 N–H and O–H groups in total. The molecule has 0 aliphatic carbocycles. The fourth-order valence-corrected chi connectivity index (χ4v) is 3.82. The van der Waals surface area contributed by atoms with E-state index < -0.39 is 0 Å². The smallest absolute Gasteiger partial charge is 0.222 e. The van der Waals surface area contributed by atoms with Gasteiger partial charge in [-0.25, -0.2) is 9.97 Å². The van der Waals surface area contributed by atoms with E-state index in [9.17, 15) is 0 Å². The highest BCUT2D eigenvalue weighted by molar-refractivity contribution is 5.22. The molecular weight excluding hydrogens is 302 g/mol. The molecule has 0 unspecified atom stereocenters. The molecule has 0 aromatic carbocycles. The van der Waals surface area contributed by atoms with Crippen LogP contribution >= 0.6 is 0 Å². The topological polar surface area (TPSA) is 63.2 Å². The SMILES string of the molecule is c1ccc(CN2CC[C@@H]3[C@@H](CO[C@@H]3CNc3ncccn3)C2)nc1. The number of rotatable bonds is 5. The maximum Gasteiger partial charge on any atom is 0.222 e. The van der Waals surface area contributed by atoms with Gasteiger partial charge in [0.15, 0.2) is 0 Å². The van der Waals surface area contributed by atoms with Crippen molar-refractivity contribution in [3.8, 4) is 0 Å². The van der Waals surface area contributed by atoms with Crippen molar-refractivity contribution in [3.05, 3.63) is 48.5 Å². The minimum absolute atomic E-state index is 0.260. The summed E-state index contributed by atoms with van der Waals surface area (Å²) in [5.74, 6) is 1.92. The molecule has 2 aliphatic rings. The van der Waals surface area contributed by atoms with Crippen molar-refractivity contribution >= 4 is 5.95 Å². The molecule has 4 heterocycles. The molecule has 24 heavy (non-hydrogen) atoms. The second kappa shape index (κ2) is 7.23. The zero-order chi connectivity index (χ0) is 16.2. The van der Waals surface area contributed by atoms with Crippen molar-refractivity contribution in [2.45, 2.75) is 19.1 Å². The number of nitrogens with zero attached hydrogens (tertiary/aromatic N) is 4. The minimum Gasteiger partial charge on any atom is -0.376 e. The van der Waals surface area contributed by atoms with E-state index in [0.717, 1.165) is 38.5 Å². The molecule has 0 bridgehead atoms. The Morgan fingerprint density at radius 1 is 1.12 bits per heavy atom. The van der Waals surface area contributed by atoms with Crippen molar-refractivity contribution in [2.24, 2.45) is 11.8 Å². The van der Waals surface area contributed by atoms with Crippen LogP contribution in [0.2, 0.25) is 0 Å². The lowest BCUT2D eigenvalue weighted by molar-refractivity contribution is 0.0945. The summed E-state index contributed by atoms with van der Waals surface area (Å²) in [6.07, 6.45) is 6.82. The summed E-state index contributed by atoms with van der Waals surface area (Å²) >= 11 is 0. The molecule has 0 saturated carbocycles. The highest BCUT2D eigenvalue weighted by Gasteiger charge is 2.40. The summed E-state index contributed by atoms with van der Waals surface area (Å²) in [6.45, 7) is 4.78. The zero-order valence-corrected chi connectivity index (χ0v) is 13.7. The lowest BCUT2D eigenvalue weighted by Crippen LogP contribution is -2.42. The van der Waals surface area contributed by atoms with Gasteiger partial charge in [-0.05, 0) is 37.1 Å². The molecule has 2 aromatic rings. The molecular formula is C18H23N5O. The second-order valence-electron chi connectivity index (χ2n) is 6.59. The van der Waals surface area contributed by atoms with Gasteiger partial charge in [0.1, 0.15) is 0 Å². The molecule has 2 aromatic heterocycles. The standard InChI is InChI=1S/C18H23N5O/c1-2-6-19-15(4-1)12-23-9-5-16-14(11-23)13-24-17(16)10-22-18-20-7-3-8-21-18/h1-4,6-8,14,16-17H,5,9-13H2,(H,20,21,22)/t14-,16-,17-/m1/s1. The number of nitrogens with one attached hydrogen (secondary N) is 1. The van der Waals surface area contributed by atoms with E-state index in [1.807, 2.05) is 18.3 Å². The first-order valence-electron chi connectivity index (χ1n) is 8.63. The van der Waals surface area contributed by atoms with Crippen LogP contribution in [0.25, 0.3) is 0 Å². The Labute approximate surface area is 142 Å². The van der Waals surface area contributed by atoms with Gasteiger partial charge in [0.25, 0.3) is 0 Å². The third kappa shape index (κ3) is 3.55. The second-order valence-corrected chi connectivity index (χ2v) is 6.59. The highest BCUT2D eigenvalue weighted by Crippen LogP contribution is 2.34. The normalized spacial score (nSPS) is 26.9. The van der Waals surface area contributed by atoms with Crippen molar-refractivity contribution in [1.82, 2.24) is 19.9 Å². The maximum atomic E-state index is 6.06. The van der Waals surface area contributed by atoms with Crippen LogP contribution in [0.3, 0.4) is 0 Å². The number of piperidine rings is 1. The molecule has 2 saturated heterocycles. The Bertz CT molecular complexity index is 638.